The Labute approximate surface area is 205 Å². The van der Waals surface area contributed by atoms with Crippen LogP contribution in [0.3, 0.4) is 0 Å². The van der Waals surface area contributed by atoms with Crippen LogP contribution in [0.5, 0.6) is 11.5 Å². The molecule has 1 aromatic heterocycles. The van der Waals surface area contributed by atoms with Crippen molar-refractivity contribution in [3.05, 3.63) is 71.8 Å². The third-order valence-electron chi connectivity index (χ3n) is 5.43. The minimum atomic E-state index is -0.621. The molecular weight excluding hydrogens is 444 g/mol. The van der Waals surface area contributed by atoms with Gasteiger partial charge in [-0.15, -0.1) is 0 Å². The van der Waals surface area contributed by atoms with Gasteiger partial charge in [0.15, 0.2) is 5.84 Å². The van der Waals surface area contributed by atoms with Gasteiger partial charge in [0.2, 0.25) is 0 Å². The van der Waals surface area contributed by atoms with Crippen molar-refractivity contribution in [3.8, 4) is 11.5 Å². The van der Waals surface area contributed by atoms with Gasteiger partial charge < -0.3 is 19.7 Å². The van der Waals surface area contributed by atoms with E-state index in [0.717, 1.165) is 11.1 Å². The van der Waals surface area contributed by atoms with Crippen LogP contribution < -0.4 is 15.0 Å². The SMILES string of the molecule is COc1cc(O)c(C(=N)N(C(=N)C(=O)NC(C)C)c2ccc(Cn3ccnc3)cc2)cc1C(C)C. The van der Waals surface area contributed by atoms with Gasteiger partial charge in [0.25, 0.3) is 5.91 Å². The van der Waals surface area contributed by atoms with Crippen molar-refractivity contribution < 1.29 is 14.6 Å². The number of amidine groups is 2. The van der Waals surface area contributed by atoms with E-state index in [1.807, 2.05) is 36.7 Å². The summed E-state index contributed by atoms with van der Waals surface area (Å²) in [7, 11) is 1.52. The number of hydrogen-bond donors (Lipinski definition) is 4. The van der Waals surface area contributed by atoms with E-state index >= 15 is 0 Å². The monoisotopic (exact) mass is 476 g/mol. The van der Waals surface area contributed by atoms with Crippen LogP contribution in [0.1, 0.15) is 50.3 Å². The lowest BCUT2D eigenvalue weighted by Crippen LogP contribution is -2.47. The summed E-state index contributed by atoms with van der Waals surface area (Å²) in [6, 6.07) is 10.2. The number of phenols is 1. The van der Waals surface area contributed by atoms with E-state index < -0.39 is 11.7 Å². The van der Waals surface area contributed by atoms with Crippen molar-refractivity contribution in [1.29, 1.82) is 10.8 Å². The van der Waals surface area contributed by atoms with Crippen molar-refractivity contribution in [3.63, 3.8) is 0 Å². The molecule has 0 saturated carbocycles. The lowest BCUT2D eigenvalue weighted by molar-refractivity contribution is -0.115. The number of carbonyl (C=O) groups excluding carboxylic acids is 1. The average molecular weight is 477 g/mol. The summed E-state index contributed by atoms with van der Waals surface area (Å²) in [4.78, 5) is 18.1. The maximum Gasteiger partial charge on any atom is 0.287 e. The molecule has 0 radical (unpaired) electrons. The van der Waals surface area contributed by atoms with E-state index in [1.54, 1.807) is 44.6 Å². The van der Waals surface area contributed by atoms with E-state index in [0.29, 0.717) is 18.0 Å². The molecular formula is C26H32N6O3. The highest BCUT2D eigenvalue weighted by Crippen LogP contribution is 2.34. The number of anilines is 1. The lowest BCUT2D eigenvalue weighted by atomic mass is 9.97. The maximum absolute atomic E-state index is 12.8. The highest BCUT2D eigenvalue weighted by Gasteiger charge is 2.27. The number of nitrogens with one attached hydrogen (secondary N) is 3. The number of imidazole rings is 1. The van der Waals surface area contributed by atoms with E-state index in [-0.39, 0.29) is 29.1 Å². The molecule has 184 valence electrons. The summed E-state index contributed by atoms with van der Waals surface area (Å²) in [5, 5.41) is 31.0. The lowest BCUT2D eigenvalue weighted by Gasteiger charge is -2.27. The summed E-state index contributed by atoms with van der Waals surface area (Å²) in [5.41, 5.74) is 2.44. The van der Waals surface area contributed by atoms with Crippen LogP contribution in [0, 0.1) is 10.8 Å². The number of phenolic OH excluding ortho intramolecular Hbond substituents is 1. The highest BCUT2D eigenvalue weighted by molar-refractivity contribution is 6.48. The zero-order valence-corrected chi connectivity index (χ0v) is 20.7. The van der Waals surface area contributed by atoms with E-state index in [4.69, 9.17) is 15.6 Å². The third kappa shape index (κ3) is 5.87. The van der Waals surface area contributed by atoms with Crippen molar-refractivity contribution in [2.45, 2.75) is 46.2 Å². The summed E-state index contributed by atoms with van der Waals surface area (Å²) < 4.78 is 7.32. The molecule has 0 unspecified atom stereocenters. The van der Waals surface area contributed by atoms with Crippen LogP contribution in [0.2, 0.25) is 0 Å². The molecule has 0 aliphatic carbocycles. The van der Waals surface area contributed by atoms with Gasteiger partial charge in [0, 0.05) is 36.7 Å². The first-order valence-corrected chi connectivity index (χ1v) is 11.4. The highest BCUT2D eigenvalue weighted by atomic mass is 16.5. The van der Waals surface area contributed by atoms with Gasteiger partial charge >= 0.3 is 0 Å². The van der Waals surface area contributed by atoms with Crippen molar-refractivity contribution >= 4 is 23.3 Å². The van der Waals surface area contributed by atoms with Crippen molar-refractivity contribution in [2.24, 2.45) is 0 Å². The Hall–Kier alpha value is -4.14. The Balaban J connectivity index is 2.03. The molecule has 0 aliphatic heterocycles. The van der Waals surface area contributed by atoms with Crippen molar-refractivity contribution in [2.75, 3.05) is 12.0 Å². The standard InChI is InChI=1S/C26H32N6O3/c1-16(2)20-12-21(22(33)13-23(20)35-5)24(27)32(25(28)26(34)30-17(3)4)19-8-6-18(7-9-19)14-31-11-10-29-15-31/h6-13,15-17,27-28,33H,14H2,1-5H3,(H,30,34). The molecule has 3 aromatic rings. The Morgan fingerprint density at radius 1 is 1.17 bits per heavy atom. The average Bonchev–Trinajstić information content (AvgIpc) is 3.32. The van der Waals surface area contributed by atoms with Crippen LogP contribution in [-0.2, 0) is 11.3 Å². The fourth-order valence-corrected chi connectivity index (χ4v) is 3.67. The molecule has 9 heteroatoms. The van der Waals surface area contributed by atoms with Gasteiger partial charge in [0.1, 0.15) is 17.3 Å². The smallest absolute Gasteiger partial charge is 0.287 e. The van der Waals surface area contributed by atoms with Gasteiger partial charge in [-0.25, -0.2) is 4.98 Å². The zero-order valence-electron chi connectivity index (χ0n) is 20.7. The predicted molar refractivity (Wildman–Crippen MR) is 137 cm³/mol. The Morgan fingerprint density at radius 2 is 1.86 bits per heavy atom. The largest absolute Gasteiger partial charge is 0.507 e. The number of amides is 1. The van der Waals surface area contributed by atoms with E-state index in [1.165, 1.54) is 18.1 Å². The molecule has 0 spiro atoms. The van der Waals surface area contributed by atoms with Gasteiger partial charge in [-0.2, -0.15) is 0 Å². The zero-order chi connectivity index (χ0) is 25.7. The molecule has 4 N–H and O–H groups in total. The number of aromatic nitrogens is 2. The first kappa shape index (κ1) is 25.5. The fraction of sp³-hybridized carbons (Fsp3) is 0.308. The quantitative estimate of drug-likeness (QED) is 0.302. The molecule has 9 nitrogen and oxygen atoms in total. The fourth-order valence-electron chi connectivity index (χ4n) is 3.67. The van der Waals surface area contributed by atoms with Crippen molar-refractivity contribution in [1.82, 2.24) is 14.9 Å². The predicted octanol–water partition coefficient (Wildman–Crippen LogP) is 4.10. The van der Waals surface area contributed by atoms with Gasteiger partial charge in [-0.05, 0) is 49.1 Å². The second-order valence-electron chi connectivity index (χ2n) is 8.83. The van der Waals surface area contributed by atoms with Gasteiger partial charge in [0.05, 0.1) is 19.0 Å². The summed E-state index contributed by atoms with van der Waals surface area (Å²) >= 11 is 0. The Kier molecular flexibility index (Phi) is 7.91. The number of rotatable bonds is 7. The van der Waals surface area contributed by atoms with Crippen LogP contribution in [-0.4, -0.2) is 45.4 Å². The maximum atomic E-state index is 12.8. The van der Waals surface area contributed by atoms with Gasteiger partial charge in [-0.1, -0.05) is 26.0 Å². The van der Waals surface area contributed by atoms with Gasteiger partial charge in [-0.3, -0.25) is 20.5 Å². The molecule has 0 aliphatic rings. The molecule has 1 heterocycles. The Morgan fingerprint density at radius 3 is 2.40 bits per heavy atom. The summed E-state index contributed by atoms with van der Waals surface area (Å²) in [5.74, 6) is -0.834. The Bertz CT molecular complexity index is 1200. The number of aromatic hydroxyl groups is 1. The first-order valence-electron chi connectivity index (χ1n) is 11.4. The molecule has 0 bridgehead atoms. The van der Waals surface area contributed by atoms with Crippen LogP contribution in [0.15, 0.2) is 55.1 Å². The molecule has 35 heavy (non-hydrogen) atoms. The molecule has 1 amide bonds. The van der Waals surface area contributed by atoms with Crippen LogP contribution >= 0.6 is 0 Å². The number of methoxy groups -OCH3 is 1. The third-order valence-corrected chi connectivity index (χ3v) is 5.43. The molecule has 3 rings (SSSR count). The van der Waals surface area contributed by atoms with E-state index in [2.05, 4.69) is 10.3 Å². The summed E-state index contributed by atoms with van der Waals surface area (Å²) in [6.07, 6.45) is 5.29. The molecule has 2 aromatic carbocycles. The number of ether oxygens (including phenoxy) is 1. The molecule has 0 fully saturated rings. The topological polar surface area (TPSA) is 127 Å². The van der Waals surface area contributed by atoms with Crippen LogP contribution in [0.4, 0.5) is 5.69 Å². The first-order chi connectivity index (χ1) is 16.6. The molecule has 0 saturated heterocycles. The molecule has 0 atom stereocenters. The normalized spacial score (nSPS) is 10.9. The van der Waals surface area contributed by atoms with E-state index in [9.17, 15) is 9.90 Å². The second kappa shape index (κ2) is 10.9. The number of hydrogen-bond acceptors (Lipinski definition) is 6. The minimum absolute atomic E-state index is 0.0664. The number of nitrogens with zero attached hydrogens (tertiary/aromatic N) is 3. The van der Waals surface area contributed by atoms with Crippen LogP contribution in [0.25, 0.3) is 0 Å². The second-order valence-corrected chi connectivity index (χ2v) is 8.83. The summed E-state index contributed by atoms with van der Waals surface area (Å²) in [6.45, 7) is 8.18. The number of carbonyl (C=O) groups is 1. The minimum Gasteiger partial charge on any atom is -0.507 e. The number of benzene rings is 2.